The number of carbonyl (C=O) groups excluding carboxylic acids is 1. The molecule has 0 aromatic rings. The molecule has 0 spiro atoms. The Hall–Kier alpha value is -1.14. The minimum atomic E-state index is -1.06. The van der Waals surface area contributed by atoms with Crippen LogP contribution in [0.15, 0.2) is 0 Å². The van der Waals surface area contributed by atoms with E-state index in [1.54, 1.807) is 4.90 Å². The van der Waals surface area contributed by atoms with Crippen molar-refractivity contribution in [2.45, 2.75) is 26.4 Å². The zero-order chi connectivity index (χ0) is 12.7. The van der Waals surface area contributed by atoms with Crippen molar-refractivity contribution in [2.75, 3.05) is 19.6 Å². The molecule has 1 amide bonds. The second kappa shape index (κ2) is 7.19. The number of carbonyl (C=O) groups is 2. The monoisotopic (exact) mass is 232 g/mol. The molecular weight excluding hydrogens is 212 g/mol. The van der Waals surface area contributed by atoms with Crippen LogP contribution in [-0.4, -0.2) is 52.7 Å². The number of aliphatic carboxylic acids is 1. The van der Waals surface area contributed by atoms with E-state index < -0.39 is 18.0 Å². The van der Waals surface area contributed by atoms with Gasteiger partial charge in [0.1, 0.15) is 0 Å². The molecule has 0 fully saturated rings. The fraction of sp³-hybridized carbons (Fsp3) is 0.800. The lowest BCUT2D eigenvalue weighted by atomic mass is 10.1. The van der Waals surface area contributed by atoms with Gasteiger partial charge in [-0.15, -0.1) is 0 Å². The molecule has 6 heteroatoms. The molecule has 1 unspecified atom stereocenters. The molecule has 0 aliphatic carbocycles. The van der Waals surface area contributed by atoms with Crippen LogP contribution in [0.1, 0.15) is 20.3 Å². The summed E-state index contributed by atoms with van der Waals surface area (Å²) in [6.07, 6.45) is -1.30. The summed E-state index contributed by atoms with van der Waals surface area (Å²) in [5, 5.41) is 17.9. The van der Waals surface area contributed by atoms with Gasteiger partial charge in [-0.05, 0) is 5.92 Å². The highest BCUT2D eigenvalue weighted by molar-refractivity contribution is 5.75. The number of hydrogen-bond acceptors (Lipinski definition) is 4. The van der Waals surface area contributed by atoms with Crippen molar-refractivity contribution in [3.63, 3.8) is 0 Å². The van der Waals surface area contributed by atoms with E-state index in [1.165, 1.54) is 0 Å². The number of amides is 1. The second-order valence-electron chi connectivity index (χ2n) is 4.31. The van der Waals surface area contributed by atoms with Crippen molar-refractivity contribution in [1.29, 1.82) is 0 Å². The predicted molar refractivity (Wildman–Crippen MR) is 58.7 cm³/mol. The van der Waals surface area contributed by atoms with Gasteiger partial charge in [-0.3, -0.25) is 14.5 Å². The molecule has 1 atom stereocenters. The van der Waals surface area contributed by atoms with Gasteiger partial charge in [-0.1, -0.05) is 13.8 Å². The minimum Gasteiger partial charge on any atom is -0.481 e. The van der Waals surface area contributed by atoms with E-state index >= 15 is 0 Å². The summed E-state index contributed by atoms with van der Waals surface area (Å²) in [7, 11) is 0. The van der Waals surface area contributed by atoms with Crippen LogP contribution in [0, 0.1) is 5.92 Å². The lowest BCUT2D eigenvalue weighted by molar-refractivity contribution is -0.139. The van der Waals surface area contributed by atoms with Crippen molar-refractivity contribution >= 4 is 11.9 Å². The molecule has 0 radical (unpaired) electrons. The van der Waals surface area contributed by atoms with E-state index in [0.717, 1.165) is 0 Å². The van der Waals surface area contributed by atoms with Crippen LogP contribution in [-0.2, 0) is 9.59 Å². The number of nitrogens with zero attached hydrogens (tertiary/aromatic N) is 1. The van der Waals surface area contributed by atoms with E-state index in [1.807, 2.05) is 13.8 Å². The molecule has 6 nitrogen and oxygen atoms in total. The molecule has 0 saturated heterocycles. The fourth-order valence-electron chi connectivity index (χ4n) is 1.50. The Labute approximate surface area is 95.0 Å². The molecule has 0 aromatic carbocycles. The fourth-order valence-corrected chi connectivity index (χ4v) is 1.50. The third kappa shape index (κ3) is 8.19. The zero-order valence-corrected chi connectivity index (χ0v) is 9.72. The molecule has 94 valence electrons. The van der Waals surface area contributed by atoms with Crippen LogP contribution < -0.4 is 5.73 Å². The quantitative estimate of drug-likeness (QED) is 0.511. The van der Waals surface area contributed by atoms with Crippen LogP contribution in [0.2, 0.25) is 0 Å². The van der Waals surface area contributed by atoms with E-state index in [-0.39, 0.29) is 19.5 Å². The Bertz CT molecular complexity index is 243. The zero-order valence-electron chi connectivity index (χ0n) is 9.72. The summed E-state index contributed by atoms with van der Waals surface area (Å²) in [4.78, 5) is 22.8. The van der Waals surface area contributed by atoms with Crippen molar-refractivity contribution in [1.82, 2.24) is 4.90 Å². The minimum absolute atomic E-state index is 0.0366. The standard InChI is InChI=1S/C10H20N2O4/c1-7(2)4-12(6-9(11)14)5-8(13)3-10(15)16/h7-8,13H,3-6H2,1-2H3,(H2,11,14)(H,15,16). The van der Waals surface area contributed by atoms with Crippen LogP contribution in [0.25, 0.3) is 0 Å². The Morgan fingerprint density at radius 1 is 1.31 bits per heavy atom. The first-order valence-corrected chi connectivity index (χ1v) is 5.21. The van der Waals surface area contributed by atoms with Crippen molar-refractivity contribution in [3.8, 4) is 0 Å². The Kier molecular flexibility index (Phi) is 6.67. The molecule has 4 N–H and O–H groups in total. The van der Waals surface area contributed by atoms with Gasteiger partial charge in [0, 0.05) is 13.1 Å². The number of hydrogen-bond donors (Lipinski definition) is 3. The summed E-state index contributed by atoms with van der Waals surface area (Å²) in [5.41, 5.74) is 5.07. The van der Waals surface area contributed by atoms with Crippen LogP contribution in [0.3, 0.4) is 0 Å². The van der Waals surface area contributed by atoms with Gasteiger partial charge in [0.25, 0.3) is 0 Å². The summed E-state index contributed by atoms with van der Waals surface area (Å²) in [6.45, 7) is 4.72. The number of nitrogens with two attached hydrogens (primary N) is 1. The first kappa shape index (κ1) is 14.9. The maximum atomic E-state index is 10.8. The third-order valence-electron chi connectivity index (χ3n) is 1.88. The van der Waals surface area contributed by atoms with Crippen molar-refractivity contribution in [3.05, 3.63) is 0 Å². The molecular formula is C10H20N2O4. The van der Waals surface area contributed by atoms with E-state index in [0.29, 0.717) is 12.5 Å². The summed E-state index contributed by atoms with van der Waals surface area (Å²) in [5.74, 6) is -1.23. The third-order valence-corrected chi connectivity index (χ3v) is 1.88. The predicted octanol–water partition coefficient (Wildman–Crippen LogP) is -0.735. The van der Waals surface area contributed by atoms with E-state index in [2.05, 4.69) is 0 Å². The molecule has 0 aromatic heterocycles. The van der Waals surface area contributed by atoms with Crippen molar-refractivity contribution in [2.24, 2.45) is 11.7 Å². The van der Waals surface area contributed by atoms with Gasteiger partial charge in [0.2, 0.25) is 5.91 Å². The SMILES string of the molecule is CC(C)CN(CC(N)=O)CC(O)CC(=O)O. The van der Waals surface area contributed by atoms with E-state index in [9.17, 15) is 14.7 Å². The summed E-state index contributed by atoms with van der Waals surface area (Å²) in [6, 6.07) is 0. The summed E-state index contributed by atoms with van der Waals surface area (Å²) < 4.78 is 0. The van der Waals surface area contributed by atoms with Gasteiger partial charge >= 0.3 is 5.97 Å². The van der Waals surface area contributed by atoms with E-state index in [4.69, 9.17) is 10.8 Å². The number of carboxylic acid groups (broad SMARTS) is 1. The highest BCUT2D eigenvalue weighted by Gasteiger charge is 2.17. The average molecular weight is 232 g/mol. The smallest absolute Gasteiger partial charge is 0.306 e. The normalized spacial score (nSPS) is 13.1. The van der Waals surface area contributed by atoms with Gasteiger partial charge in [0.05, 0.1) is 19.1 Å². The van der Waals surface area contributed by atoms with Crippen molar-refractivity contribution < 1.29 is 19.8 Å². The molecule has 0 aliphatic rings. The first-order valence-electron chi connectivity index (χ1n) is 5.21. The average Bonchev–Trinajstić information content (AvgIpc) is 1.97. The maximum Gasteiger partial charge on any atom is 0.306 e. The highest BCUT2D eigenvalue weighted by atomic mass is 16.4. The lowest BCUT2D eigenvalue weighted by Crippen LogP contribution is -2.41. The molecule has 0 rings (SSSR count). The Morgan fingerprint density at radius 2 is 1.88 bits per heavy atom. The maximum absolute atomic E-state index is 10.8. The van der Waals surface area contributed by atoms with Gasteiger partial charge in [0.15, 0.2) is 0 Å². The molecule has 16 heavy (non-hydrogen) atoms. The number of aliphatic hydroxyl groups is 1. The Balaban J connectivity index is 4.18. The highest BCUT2D eigenvalue weighted by Crippen LogP contribution is 2.02. The van der Waals surface area contributed by atoms with Crippen LogP contribution in [0.4, 0.5) is 0 Å². The van der Waals surface area contributed by atoms with Gasteiger partial charge in [-0.2, -0.15) is 0 Å². The number of aliphatic hydroxyl groups excluding tert-OH is 1. The van der Waals surface area contributed by atoms with Gasteiger partial charge < -0.3 is 15.9 Å². The largest absolute Gasteiger partial charge is 0.481 e. The molecule has 0 saturated carbocycles. The van der Waals surface area contributed by atoms with Gasteiger partial charge in [-0.25, -0.2) is 0 Å². The molecule has 0 aliphatic heterocycles. The lowest BCUT2D eigenvalue weighted by Gasteiger charge is -2.24. The second-order valence-corrected chi connectivity index (χ2v) is 4.31. The topological polar surface area (TPSA) is 104 Å². The first-order chi connectivity index (χ1) is 7.31. The van der Waals surface area contributed by atoms with Crippen LogP contribution in [0.5, 0.6) is 0 Å². The molecule has 0 heterocycles. The number of carboxylic acids is 1. The number of primary amides is 1. The molecule has 0 bridgehead atoms. The van der Waals surface area contributed by atoms with Crippen LogP contribution >= 0.6 is 0 Å². The summed E-state index contributed by atoms with van der Waals surface area (Å²) >= 11 is 0. The Morgan fingerprint density at radius 3 is 2.25 bits per heavy atom. The number of rotatable bonds is 8.